The van der Waals surface area contributed by atoms with Gasteiger partial charge in [-0.2, -0.15) is 12.6 Å². The molecule has 11 heavy (non-hydrogen) atoms. The molecule has 0 aromatic carbocycles. The Kier molecular flexibility index (Phi) is 6.12. The summed E-state index contributed by atoms with van der Waals surface area (Å²) in [4.78, 5) is 0. The van der Waals surface area contributed by atoms with Crippen LogP contribution in [0.1, 0.15) is 47.0 Å². The highest BCUT2D eigenvalue weighted by atomic mass is 32.1. The van der Waals surface area contributed by atoms with Crippen LogP contribution in [0.25, 0.3) is 0 Å². The van der Waals surface area contributed by atoms with Crippen molar-refractivity contribution in [2.45, 2.75) is 52.2 Å². The smallest absolute Gasteiger partial charge is 0.00423 e. The molecule has 0 amide bonds. The van der Waals surface area contributed by atoms with E-state index in [0.29, 0.717) is 5.25 Å². The highest BCUT2D eigenvalue weighted by Crippen LogP contribution is 2.24. The lowest BCUT2D eigenvalue weighted by molar-refractivity contribution is 0.348. The second-order valence-electron chi connectivity index (χ2n) is 3.60. The maximum Gasteiger partial charge on any atom is 0.00423 e. The topological polar surface area (TPSA) is 0 Å². The van der Waals surface area contributed by atoms with Crippen LogP contribution in [0.2, 0.25) is 0 Å². The first kappa shape index (κ1) is 11.4. The summed E-state index contributed by atoms with van der Waals surface area (Å²) >= 11 is 4.56. The lowest BCUT2D eigenvalue weighted by Crippen LogP contribution is -2.18. The molecule has 0 aliphatic rings. The molecule has 0 fully saturated rings. The van der Waals surface area contributed by atoms with E-state index in [1.807, 2.05) is 0 Å². The third-order valence-electron chi connectivity index (χ3n) is 2.67. The minimum Gasteiger partial charge on any atom is -0.176 e. The van der Waals surface area contributed by atoms with Gasteiger partial charge in [-0.05, 0) is 18.3 Å². The fourth-order valence-corrected chi connectivity index (χ4v) is 1.76. The highest BCUT2D eigenvalue weighted by molar-refractivity contribution is 7.81. The molecule has 0 bridgehead atoms. The van der Waals surface area contributed by atoms with E-state index in [2.05, 4.69) is 40.3 Å². The van der Waals surface area contributed by atoms with Gasteiger partial charge in [0.25, 0.3) is 0 Å². The predicted octanol–water partition coefficient (Wildman–Crippen LogP) is 3.77. The van der Waals surface area contributed by atoms with Gasteiger partial charge in [-0.3, -0.25) is 0 Å². The fourth-order valence-electron chi connectivity index (χ4n) is 1.47. The molecule has 1 heteroatoms. The molecule has 0 aliphatic heterocycles. The standard InChI is InChI=1S/C10H22S/c1-5-7-8(3)9(4)10(11)6-2/h8-11H,5-7H2,1-4H3/t8-,9?,10+/m0/s1. The lowest BCUT2D eigenvalue weighted by Gasteiger charge is -2.24. The third kappa shape index (κ3) is 4.05. The lowest BCUT2D eigenvalue weighted by atomic mass is 9.88. The molecular formula is C10H22S. The van der Waals surface area contributed by atoms with E-state index in [-0.39, 0.29) is 0 Å². The van der Waals surface area contributed by atoms with Crippen LogP contribution in [0.4, 0.5) is 0 Å². The SMILES string of the molecule is CCC[C@H](C)C(C)[C@H](S)CC. The molecule has 0 nitrogen and oxygen atoms in total. The Morgan fingerprint density at radius 3 is 2.09 bits per heavy atom. The first-order valence-electron chi connectivity index (χ1n) is 4.81. The van der Waals surface area contributed by atoms with Gasteiger partial charge in [-0.15, -0.1) is 0 Å². The van der Waals surface area contributed by atoms with Gasteiger partial charge in [0.15, 0.2) is 0 Å². The van der Waals surface area contributed by atoms with Crippen molar-refractivity contribution in [3.63, 3.8) is 0 Å². The van der Waals surface area contributed by atoms with E-state index in [4.69, 9.17) is 0 Å². The second kappa shape index (κ2) is 5.93. The Hall–Kier alpha value is 0.350. The molecule has 0 aromatic rings. The van der Waals surface area contributed by atoms with Crippen molar-refractivity contribution in [3.8, 4) is 0 Å². The van der Waals surface area contributed by atoms with Crippen LogP contribution in [0.3, 0.4) is 0 Å². The van der Waals surface area contributed by atoms with Crippen molar-refractivity contribution in [3.05, 3.63) is 0 Å². The van der Waals surface area contributed by atoms with Crippen molar-refractivity contribution in [2.75, 3.05) is 0 Å². The van der Waals surface area contributed by atoms with E-state index >= 15 is 0 Å². The van der Waals surface area contributed by atoms with Gasteiger partial charge < -0.3 is 0 Å². The van der Waals surface area contributed by atoms with Gasteiger partial charge in [-0.1, -0.05) is 40.5 Å². The van der Waals surface area contributed by atoms with Gasteiger partial charge in [0, 0.05) is 5.25 Å². The molecule has 3 atom stereocenters. The third-order valence-corrected chi connectivity index (χ3v) is 3.50. The molecule has 0 rings (SSSR count). The van der Waals surface area contributed by atoms with Crippen LogP contribution in [0, 0.1) is 11.8 Å². The van der Waals surface area contributed by atoms with Crippen molar-refractivity contribution >= 4 is 12.6 Å². The summed E-state index contributed by atoms with van der Waals surface area (Å²) in [5.74, 6) is 1.60. The number of hydrogen-bond donors (Lipinski definition) is 1. The number of hydrogen-bond acceptors (Lipinski definition) is 1. The van der Waals surface area contributed by atoms with E-state index < -0.39 is 0 Å². The Bertz CT molecular complexity index is 90.9. The van der Waals surface area contributed by atoms with E-state index in [1.54, 1.807) is 0 Å². The Labute approximate surface area is 77.2 Å². The zero-order valence-corrected chi connectivity index (χ0v) is 9.20. The average molecular weight is 174 g/mol. The molecule has 0 heterocycles. The molecule has 0 aliphatic carbocycles. The molecule has 0 saturated heterocycles. The van der Waals surface area contributed by atoms with Crippen LogP contribution in [-0.2, 0) is 0 Å². The van der Waals surface area contributed by atoms with Crippen LogP contribution < -0.4 is 0 Å². The summed E-state index contributed by atoms with van der Waals surface area (Å²) in [6.45, 7) is 9.13. The minimum atomic E-state index is 0.594. The monoisotopic (exact) mass is 174 g/mol. The summed E-state index contributed by atoms with van der Waals surface area (Å²) in [5, 5.41) is 0.594. The number of thiol groups is 1. The zero-order valence-electron chi connectivity index (χ0n) is 8.30. The van der Waals surface area contributed by atoms with Crippen molar-refractivity contribution in [2.24, 2.45) is 11.8 Å². The first-order valence-corrected chi connectivity index (χ1v) is 5.33. The summed E-state index contributed by atoms with van der Waals surface area (Å²) in [6, 6.07) is 0. The van der Waals surface area contributed by atoms with E-state index in [1.165, 1.54) is 19.3 Å². The quantitative estimate of drug-likeness (QED) is 0.603. The fraction of sp³-hybridized carbons (Fsp3) is 1.00. The zero-order chi connectivity index (χ0) is 8.85. The van der Waals surface area contributed by atoms with Gasteiger partial charge >= 0.3 is 0 Å². The van der Waals surface area contributed by atoms with E-state index in [9.17, 15) is 0 Å². The largest absolute Gasteiger partial charge is 0.176 e. The van der Waals surface area contributed by atoms with Crippen LogP contribution in [-0.4, -0.2) is 5.25 Å². The van der Waals surface area contributed by atoms with Gasteiger partial charge in [0.05, 0.1) is 0 Å². The maximum absolute atomic E-state index is 4.56. The summed E-state index contributed by atoms with van der Waals surface area (Å²) in [6.07, 6.45) is 3.84. The summed E-state index contributed by atoms with van der Waals surface area (Å²) < 4.78 is 0. The van der Waals surface area contributed by atoms with Gasteiger partial charge in [0.2, 0.25) is 0 Å². The van der Waals surface area contributed by atoms with E-state index in [0.717, 1.165) is 11.8 Å². The van der Waals surface area contributed by atoms with Crippen molar-refractivity contribution in [1.29, 1.82) is 0 Å². The van der Waals surface area contributed by atoms with Crippen molar-refractivity contribution < 1.29 is 0 Å². The second-order valence-corrected chi connectivity index (χ2v) is 4.26. The van der Waals surface area contributed by atoms with Gasteiger partial charge in [0.1, 0.15) is 0 Å². The van der Waals surface area contributed by atoms with Crippen LogP contribution in [0.15, 0.2) is 0 Å². The molecule has 0 N–H and O–H groups in total. The average Bonchev–Trinajstić information content (AvgIpc) is 2.02. The highest BCUT2D eigenvalue weighted by Gasteiger charge is 2.17. The van der Waals surface area contributed by atoms with Gasteiger partial charge in [-0.25, -0.2) is 0 Å². The summed E-state index contributed by atoms with van der Waals surface area (Å²) in [7, 11) is 0. The van der Waals surface area contributed by atoms with Crippen LogP contribution in [0.5, 0.6) is 0 Å². The summed E-state index contributed by atoms with van der Waals surface area (Å²) in [5.41, 5.74) is 0. The normalized spacial score (nSPS) is 19.4. The molecule has 1 unspecified atom stereocenters. The van der Waals surface area contributed by atoms with Crippen LogP contribution >= 0.6 is 12.6 Å². The molecule has 0 saturated carbocycles. The molecule has 0 aromatic heterocycles. The minimum absolute atomic E-state index is 0.594. The first-order chi connectivity index (χ1) is 5.13. The molecular weight excluding hydrogens is 152 g/mol. The Morgan fingerprint density at radius 1 is 1.18 bits per heavy atom. The Balaban J connectivity index is 3.70. The molecule has 0 radical (unpaired) electrons. The molecule has 68 valence electrons. The number of rotatable bonds is 5. The predicted molar refractivity (Wildman–Crippen MR) is 56.3 cm³/mol. The maximum atomic E-state index is 4.56. The Morgan fingerprint density at radius 2 is 1.73 bits per heavy atom. The molecule has 0 spiro atoms. The van der Waals surface area contributed by atoms with Crippen molar-refractivity contribution in [1.82, 2.24) is 0 Å².